The minimum atomic E-state index is -0.750. The van der Waals surface area contributed by atoms with E-state index >= 15 is 0 Å². The minimum Gasteiger partial charge on any atom is -0.454 e. The molecule has 0 radical (unpaired) electrons. The molecule has 3 aliphatic rings. The molecular formula is C31H23NO7. The molecule has 1 heterocycles. The summed E-state index contributed by atoms with van der Waals surface area (Å²) in [6.07, 6.45) is 4.88. The normalized spacial score (nSPS) is 22.6. The van der Waals surface area contributed by atoms with Gasteiger partial charge in [0.2, 0.25) is 11.8 Å². The van der Waals surface area contributed by atoms with Crippen LogP contribution in [0.1, 0.15) is 37.5 Å². The third-order valence-electron chi connectivity index (χ3n) is 7.54. The van der Waals surface area contributed by atoms with Gasteiger partial charge in [0, 0.05) is 5.56 Å². The van der Waals surface area contributed by atoms with Gasteiger partial charge in [0.05, 0.1) is 28.7 Å². The second kappa shape index (κ2) is 9.79. The van der Waals surface area contributed by atoms with Gasteiger partial charge in [-0.15, -0.1) is 0 Å². The van der Waals surface area contributed by atoms with E-state index < -0.39 is 24.3 Å². The molecule has 2 fully saturated rings. The number of hydrogen-bond acceptors (Lipinski definition) is 7. The number of nitrogens with zero attached hydrogens (tertiary/aromatic N) is 1. The highest BCUT2D eigenvalue weighted by Gasteiger charge is 2.59. The van der Waals surface area contributed by atoms with Gasteiger partial charge in [0.1, 0.15) is 5.75 Å². The highest BCUT2D eigenvalue weighted by Crippen LogP contribution is 2.53. The monoisotopic (exact) mass is 521 g/mol. The first-order chi connectivity index (χ1) is 18.9. The van der Waals surface area contributed by atoms with E-state index in [1.807, 2.05) is 12.2 Å². The van der Waals surface area contributed by atoms with E-state index in [4.69, 9.17) is 9.47 Å². The number of esters is 2. The molecule has 0 aromatic heterocycles. The molecule has 4 atom stereocenters. The summed E-state index contributed by atoms with van der Waals surface area (Å²) in [5.74, 6) is -2.41. The van der Waals surface area contributed by atoms with Gasteiger partial charge in [0.25, 0.3) is 0 Å². The van der Waals surface area contributed by atoms with E-state index in [0.717, 1.165) is 6.42 Å². The van der Waals surface area contributed by atoms with E-state index in [2.05, 4.69) is 0 Å². The lowest BCUT2D eigenvalue weighted by Gasteiger charge is -2.18. The zero-order valence-corrected chi connectivity index (χ0v) is 20.7. The highest BCUT2D eigenvalue weighted by molar-refractivity contribution is 6.23. The Morgan fingerprint density at radius 1 is 0.718 bits per heavy atom. The molecule has 39 heavy (non-hydrogen) atoms. The highest BCUT2D eigenvalue weighted by atomic mass is 16.5. The Balaban J connectivity index is 1.07. The van der Waals surface area contributed by atoms with Crippen molar-refractivity contribution in [3.63, 3.8) is 0 Å². The molecule has 3 aromatic carbocycles. The Kier molecular flexibility index (Phi) is 6.15. The lowest BCUT2D eigenvalue weighted by atomic mass is 9.85. The molecule has 1 saturated heterocycles. The first kappa shape index (κ1) is 24.5. The van der Waals surface area contributed by atoms with Crippen LogP contribution in [0.3, 0.4) is 0 Å². The van der Waals surface area contributed by atoms with Gasteiger partial charge >= 0.3 is 11.9 Å². The smallest absolute Gasteiger partial charge is 0.343 e. The molecule has 194 valence electrons. The quantitative estimate of drug-likeness (QED) is 0.150. The van der Waals surface area contributed by atoms with Crippen molar-refractivity contribution in [3.8, 4) is 5.75 Å². The van der Waals surface area contributed by atoms with Gasteiger partial charge in [-0.2, -0.15) is 0 Å². The summed E-state index contributed by atoms with van der Waals surface area (Å²) in [5.41, 5.74) is 1.13. The van der Waals surface area contributed by atoms with Crippen LogP contribution < -0.4 is 9.64 Å². The lowest BCUT2D eigenvalue weighted by molar-refractivity contribution is -0.123. The van der Waals surface area contributed by atoms with E-state index in [9.17, 15) is 24.0 Å². The fourth-order valence-electron chi connectivity index (χ4n) is 5.68. The van der Waals surface area contributed by atoms with Crippen LogP contribution in [0.2, 0.25) is 0 Å². The second-order valence-corrected chi connectivity index (χ2v) is 9.84. The maximum Gasteiger partial charge on any atom is 0.343 e. The molecule has 8 heteroatoms. The molecule has 3 aromatic rings. The number of hydrogen-bond donors (Lipinski definition) is 0. The summed E-state index contributed by atoms with van der Waals surface area (Å²) in [6.45, 7) is -0.507. The first-order valence-corrected chi connectivity index (χ1v) is 12.6. The molecular weight excluding hydrogens is 498 g/mol. The van der Waals surface area contributed by atoms with Crippen LogP contribution in [0.5, 0.6) is 5.75 Å². The van der Waals surface area contributed by atoms with Crippen LogP contribution in [0.15, 0.2) is 91.0 Å². The van der Waals surface area contributed by atoms with Crippen molar-refractivity contribution in [2.45, 2.75) is 6.42 Å². The fourth-order valence-corrected chi connectivity index (χ4v) is 5.68. The molecule has 1 aliphatic heterocycles. The first-order valence-electron chi connectivity index (χ1n) is 12.6. The molecule has 6 rings (SSSR count). The van der Waals surface area contributed by atoms with Crippen LogP contribution in [-0.2, 0) is 14.3 Å². The van der Waals surface area contributed by atoms with Crippen LogP contribution in [-0.4, -0.2) is 36.1 Å². The minimum absolute atomic E-state index is 0.0885. The number of ketones is 1. The molecule has 0 unspecified atom stereocenters. The molecule has 2 bridgehead atoms. The topological polar surface area (TPSA) is 107 Å². The zero-order chi connectivity index (χ0) is 27.1. The van der Waals surface area contributed by atoms with Gasteiger partial charge < -0.3 is 9.47 Å². The van der Waals surface area contributed by atoms with Crippen LogP contribution in [0.4, 0.5) is 5.69 Å². The number of fused-ring (bicyclic) bond motifs is 5. The fraction of sp³-hybridized carbons (Fsp3) is 0.194. The third-order valence-corrected chi connectivity index (χ3v) is 7.54. The Labute approximate surface area is 223 Å². The summed E-state index contributed by atoms with van der Waals surface area (Å²) >= 11 is 0. The van der Waals surface area contributed by atoms with Crippen molar-refractivity contribution >= 4 is 35.2 Å². The van der Waals surface area contributed by atoms with E-state index in [0.29, 0.717) is 11.3 Å². The van der Waals surface area contributed by atoms with Gasteiger partial charge in [-0.1, -0.05) is 36.4 Å². The van der Waals surface area contributed by atoms with Crippen molar-refractivity contribution in [2.75, 3.05) is 11.5 Å². The summed E-state index contributed by atoms with van der Waals surface area (Å²) in [5, 5.41) is 0. The number of Topliss-reactive ketones (excluding diaryl/α,β-unsaturated/α-hetero) is 1. The largest absolute Gasteiger partial charge is 0.454 e. The van der Waals surface area contributed by atoms with Gasteiger partial charge in [-0.3, -0.25) is 14.4 Å². The maximum absolute atomic E-state index is 13.1. The average molecular weight is 522 g/mol. The van der Waals surface area contributed by atoms with Gasteiger partial charge in [-0.25, -0.2) is 14.5 Å². The second-order valence-electron chi connectivity index (χ2n) is 9.84. The molecule has 2 amide bonds. The standard InChI is InChI=1S/C31H23NO7/c33-25(18-11-13-24(14-12-18)39-31(37)19-5-2-1-3-6-19)17-38-30(36)22-7-4-8-23(16-22)32-28(34)26-20-9-10-21(15-20)27(26)29(32)35/h1-14,16,20-21,26-27H,15,17H2/t20-,21-,26+,27+/m0/s1. The Morgan fingerprint density at radius 3 is 2.03 bits per heavy atom. The summed E-state index contributed by atoms with van der Waals surface area (Å²) in [7, 11) is 0. The molecule has 1 saturated carbocycles. The number of amides is 2. The number of carbonyl (C=O) groups is 5. The summed E-state index contributed by atoms with van der Waals surface area (Å²) in [6, 6.07) is 20.6. The number of rotatable bonds is 7. The van der Waals surface area contributed by atoms with Crippen molar-refractivity contribution in [2.24, 2.45) is 23.7 Å². The van der Waals surface area contributed by atoms with Crippen molar-refractivity contribution in [3.05, 3.63) is 108 Å². The number of allylic oxidation sites excluding steroid dienone is 2. The summed E-state index contributed by atoms with van der Waals surface area (Å²) in [4.78, 5) is 64.8. The maximum atomic E-state index is 13.1. The Hall–Kier alpha value is -4.85. The average Bonchev–Trinajstić information content (AvgIpc) is 3.66. The van der Waals surface area contributed by atoms with Gasteiger partial charge in [-0.05, 0) is 72.9 Å². The molecule has 0 spiro atoms. The molecule has 2 aliphatic carbocycles. The Morgan fingerprint density at radius 2 is 1.36 bits per heavy atom. The summed E-state index contributed by atoms with van der Waals surface area (Å²) < 4.78 is 10.5. The van der Waals surface area contributed by atoms with Crippen molar-refractivity contribution in [1.82, 2.24) is 0 Å². The predicted octanol–water partition coefficient (Wildman–Crippen LogP) is 4.26. The van der Waals surface area contributed by atoms with Crippen LogP contribution in [0.25, 0.3) is 0 Å². The van der Waals surface area contributed by atoms with E-state index in [-0.39, 0.29) is 52.4 Å². The van der Waals surface area contributed by atoms with Crippen LogP contribution >= 0.6 is 0 Å². The Bertz CT molecular complexity index is 1500. The van der Waals surface area contributed by atoms with E-state index in [1.165, 1.54) is 41.3 Å². The molecule has 0 N–H and O–H groups in total. The lowest BCUT2D eigenvalue weighted by Crippen LogP contribution is -2.33. The molecule has 8 nitrogen and oxygen atoms in total. The third kappa shape index (κ3) is 4.44. The van der Waals surface area contributed by atoms with E-state index in [1.54, 1.807) is 42.5 Å². The SMILES string of the molecule is O=C(COC(=O)c1cccc(N2C(=O)[C@H]3[C@H](C2=O)[C@H]2C=C[C@H]3C2)c1)c1ccc(OC(=O)c2ccccc2)cc1. The predicted molar refractivity (Wildman–Crippen MR) is 139 cm³/mol. The van der Waals surface area contributed by atoms with Crippen molar-refractivity contribution in [1.29, 1.82) is 0 Å². The number of benzene rings is 3. The zero-order valence-electron chi connectivity index (χ0n) is 20.7. The van der Waals surface area contributed by atoms with Crippen LogP contribution in [0, 0.1) is 23.7 Å². The van der Waals surface area contributed by atoms with Crippen molar-refractivity contribution < 1.29 is 33.4 Å². The number of imide groups is 1. The number of carbonyl (C=O) groups excluding carboxylic acids is 5. The van der Waals surface area contributed by atoms with Gasteiger partial charge in [0.15, 0.2) is 12.4 Å². The number of anilines is 1. The number of ether oxygens (including phenoxy) is 2.